The van der Waals surface area contributed by atoms with Crippen LogP contribution in [0.15, 0.2) is 16.7 Å². The van der Waals surface area contributed by atoms with E-state index >= 15 is 0 Å². The second-order valence-corrected chi connectivity index (χ2v) is 7.72. The molecule has 6 nitrogen and oxygen atoms in total. The Kier molecular flexibility index (Phi) is 4.37. The van der Waals surface area contributed by atoms with Gasteiger partial charge in [0.1, 0.15) is 11.0 Å². The second-order valence-electron chi connectivity index (χ2n) is 6.29. The number of hydrogen-bond donors (Lipinski definition) is 0. The maximum Gasteiger partial charge on any atom is 0.319 e. The highest BCUT2D eigenvalue weighted by Gasteiger charge is 2.62. The van der Waals surface area contributed by atoms with E-state index in [2.05, 4.69) is 0 Å². The summed E-state index contributed by atoms with van der Waals surface area (Å²) in [5.74, 6) is -0.327. The first-order valence-corrected chi connectivity index (χ1v) is 9.32. The van der Waals surface area contributed by atoms with E-state index in [0.29, 0.717) is 22.3 Å². The predicted molar refractivity (Wildman–Crippen MR) is 94.1 cm³/mol. The van der Waals surface area contributed by atoms with Crippen molar-refractivity contribution < 1.29 is 36.9 Å². The normalized spacial score (nSPS) is 26.0. The maximum absolute atomic E-state index is 14.0. The van der Waals surface area contributed by atoms with Gasteiger partial charge in [-0.25, -0.2) is 8.78 Å². The summed E-state index contributed by atoms with van der Waals surface area (Å²) in [6, 6.07) is 1.70. The fraction of sp³-hybridized carbons (Fsp3) is 0.500. The van der Waals surface area contributed by atoms with E-state index in [1.807, 2.05) is 0 Å². The summed E-state index contributed by atoms with van der Waals surface area (Å²) in [4.78, 5) is 10.6. The Hall–Kier alpha value is -2.16. The summed E-state index contributed by atoms with van der Waals surface area (Å²) in [6.07, 6.45) is -1.38. The number of esters is 1. The van der Waals surface area contributed by atoms with Crippen LogP contribution in [0.5, 0.6) is 17.2 Å². The van der Waals surface area contributed by atoms with Gasteiger partial charge in [0, 0.05) is 17.9 Å². The zero-order valence-corrected chi connectivity index (χ0v) is 15.7. The van der Waals surface area contributed by atoms with E-state index in [9.17, 15) is 13.6 Å². The highest BCUT2D eigenvalue weighted by Crippen LogP contribution is 2.65. The van der Waals surface area contributed by atoms with E-state index in [1.165, 1.54) is 20.5 Å². The molecule has 2 aromatic rings. The van der Waals surface area contributed by atoms with Gasteiger partial charge >= 0.3 is 5.97 Å². The molecule has 9 heteroatoms. The number of alkyl halides is 2. The summed E-state index contributed by atoms with van der Waals surface area (Å²) in [7, 11) is 2.89. The van der Waals surface area contributed by atoms with Crippen LogP contribution in [0.1, 0.15) is 24.8 Å². The molecule has 0 saturated carbocycles. The minimum atomic E-state index is -2.81. The summed E-state index contributed by atoms with van der Waals surface area (Å²) < 4.78 is 55.4. The fourth-order valence-corrected chi connectivity index (χ4v) is 5.35. The van der Waals surface area contributed by atoms with Crippen LogP contribution in [0.3, 0.4) is 0 Å². The van der Waals surface area contributed by atoms with Crippen molar-refractivity contribution in [3.05, 3.63) is 17.9 Å². The SMILES string of the molecule is CCOC(=O)C1SC2(C(F)F)CC1c1c(c(OC)c3occc3c1OC)O2. The first kappa shape index (κ1) is 18.2. The Bertz CT molecular complexity index is 898. The van der Waals surface area contributed by atoms with Crippen LogP contribution in [0.25, 0.3) is 11.0 Å². The van der Waals surface area contributed by atoms with Gasteiger partial charge in [0.25, 0.3) is 6.43 Å². The van der Waals surface area contributed by atoms with Crippen LogP contribution in [0.2, 0.25) is 0 Å². The van der Waals surface area contributed by atoms with Crippen LogP contribution in [0.4, 0.5) is 8.78 Å². The van der Waals surface area contributed by atoms with Gasteiger partial charge in [0.15, 0.2) is 11.3 Å². The molecule has 0 amide bonds. The lowest BCUT2D eigenvalue weighted by atomic mass is 9.85. The quantitative estimate of drug-likeness (QED) is 0.704. The fourth-order valence-electron chi connectivity index (χ4n) is 3.85. The smallest absolute Gasteiger partial charge is 0.319 e. The van der Waals surface area contributed by atoms with Crippen LogP contribution >= 0.6 is 11.8 Å². The van der Waals surface area contributed by atoms with Crippen molar-refractivity contribution in [1.29, 1.82) is 0 Å². The third kappa shape index (κ3) is 2.47. The molecule has 4 rings (SSSR count). The number of rotatable bonds is 5. The van der Waals surface area contributed by atoms with Crippen molar-refractivity contribution in [1.82, 2.24) is 0 Å². The van der Waals surface area contributed by atoms with E-state index in [-0.39, 0.29) is 24.5 Å². The lowest BCUT2D eigenvalue weighted by molar-refractivity contribution is -0.142. The minimum absolute atomic E-state index is 0.0330. The van der Waals surface area contributed by atoms with Crippen molar-refractivity contribution >= 4 is 28.7 Å². The molecule has 0 aliphatic carbocycles. The number of carbonyl (C=O) groups excluding carboxylic acids is 1. The third-order valence-corrected chi connectivity index (χ3v) is 6.52. The van der Waals surface area contributed by atoms with Crippen LogP contribution in [-0.2, 0) is 9.53 Å². The molecule has 3 atom stereocenters. The van der Waals surface area contributed by atoms with Gasteiger partial charge in [-0.05, 0) is 13.0 Å². The van der Waals surface area contributed by atoms with Crippen LogP contribution in [-0.4, -0.2) is 43.4 Å². The topological polar surface area (TPSA) is 67.1 Å². The highest BCUT2D eigenvalue weighted by molar-refractivity contribution is 8.02. The Morgan fingerprint density at radius 3 is 2.74 bits per heavy atom. The van der Waals surface area contributed by atoms with Crippen LogP contribution < -0.4 is 14.2 Å². The summed E-state index contributed by atoms with van der Waals surface area (Å²) in [5, 5.41) is -0.205. The van der Waals surface area contributed by atoms with Gasteiger partial charge in [-0.1, -0.05) is 11.8 Å². The number of carbonyl (C=O) groups is 1. The molecule has 2 aliphatic rings. The van der Waals surface area contributed by atoms with Crippen LogP contribution in [0, 0.1) is 0 Å². The van der Waals surface area contributed by atoms with E-state index < -0.39 is 28.5 Å². The molecule has 2 bridgehead atoms. The minimum Gasteiger partial charge on any atom is -0.496 e. The molecule has 3 unspecified atom stereocenters. The monoisotopic (exact) mass is 400 g/mol. The Labute approximate surface area is 158 Å². The number of halogens is 2. The van der Waals surface area contributed by atoms with Crippen molar-refractivity contribution in [2.45, 2.75) is 35.9 Å². The maximum atomic E-state index is 14.0. The molecule has 146 valence electrons. The summed E-state index contributed by atoms with van der Waals surface area (Å²) in [5.41, 5.74) is 0.874. The van der Waals surface area contributed by atoms with Gasteiger partial charge in [-0.2, -0.15) is 0 Å². The standard InChI is InChI=1S/C18H18F2O6S/c1-4-24-16(21)15-9-7-18(27-15,17(19)20)26-13-10(9)11(22-2)8-5-6-25-12(8)14(13)23-3/h5-6,9,15,17H,4,7H2,1-3H3. The molecular formula is C18H18F2O6S. The highest BCUT2D eigenvalue weighted by atomic mass is 32.2. The number of methoxy groups -OCH3 is 2. The molecular weight excluding hydrogens is 382 g/mol. The van der Waals surface area contributed by atoms with Crippen molar-refractivity contribution in [3.8, 4) is 17.2 Å². The number of hydrogen-bond acceptors (Lipinski definition) is 7. The number of furan rings is 1. The Morgan fingerprint density at radius 1 is 1.37 bits per heavy atom. The lowest BCUT2D eigenvalue weighted by Gasteiger charge is -2.34. The van der Waals surface area contributed by atoms with Crippen molar-refractivity contribution in [3.63, 3.8) is 0 Å². The van der Waals surface area contributed by atoms with Gasteiger partial charge in [0.2, 0.25) is 10.7 Å². The number of benzene rings is 1. The molecule has 2 aliphatic heterocycles. The molecule has 0 spiro atoms. The van der Waals surface area contributed by atoms with Gasteiger partial charge < -0.3 is 23.4 Å². The lowest BCUT2D eigenvalue weighted by Crippen LogP contribution is -2.40. The molecule has 1 aromatic heterocycles. The molecule has 0 N–H and O–H groups in total. The van der Waals surface area contributed by atoms with E-state index in [4.69, 9.17) is 23.4 Å². The average molecular weight is 400 g/mol. The predicted octanol–water partition coefficient (Wildman–Crippen LogP) is 3.96. The Balaban J connectivity index is 1.98. The summed E-state index contributed by atoms with van der Waals surface area (Å²) in [6.45, 7) is 1.84. The molecule has 0 radical (unpaired) electrons. The Morgan fingerprint density at radius 2 is 2.11 bits per heavy atom. The first-order chi connectivity index (χ1) is 13.0. The van der Waals surface area contributed by atoms with E-state index in [1.54, 1.807) is 13.0 Å². The largest absolute Gasteiger partial charge is 0.496 e. The number of fused-ring (bicyclic) bond motifs is 5. The molecule has 1 saturated heterocycles. The van der Waals surface area contributed by atoms with Gasteiger partial charge in [0.05, 0.1) is 32.5 Å². The second kappa shape index (κ2) is 6.47. The first-order valence-electron chi connectivity index (χ1n) is 8.44. The summed E-state index contributed by atoms with van der Waals surface area (Å²) >= 11 is 0.800. The van der Waals surface area contributed by atoms with Crippen molar-refractivity contribution in [2.75, 3.05) is 20.8 Å². The third-order valence-electron chi connectivity index (χ3n) is 4.91. The number of ether oxygens (including phenoxy) is 4. The molecule has 1 aromatic carbocycles. The molecule has 3 heterocycles. The average Bonchev–Trinajstić information content (AvgIpc) is 3.24. The van der Waals surface area contributed by atoms with Gasteiger partial charge in [-0.3, -0.25) is 4.79 Å². The van der Waals surface area contributed by atoms with Crippen molar-refractivity contribution in [2.24, 2.45) is 0 Å². The van der Waals surface area contributed by atoms with E-state index in [0.717, 1.165) is 11.8 Å². The van der Waals surface area contributed by atoms with Gasteiger partial charge in [-0.15, -0.1) is 0 Å². The molecule has 27 heavy (non-hydrogen) atoms. The zero-order chi connectivity index (χ0) is 19.3. The number of thioether (sulfide) groups is 1. The molecule has 1 fully saturated rings. The zero-order valence-electron chi connectivity index (χ0n) is 14.9.